The second-order valence-electron chi connectivity index (χ2n) is 10.8. The molecule has 1 atom stereocenters. The van der Waals surface area contributed by atoms with Crippen LogP contribution < -0.4 is 0 Å². The van der Waals surface area contributed by atoms with Gasteiger partial charge in [0.2, 0.25) is 0 Å². The van der Waals surface area contributed by atoms with Crippen molar-refractivity contribution in [3.8, 4) is 11.1 Å². The van der Waals surface area contributed by atoms with Gasteiger partial charge in [0.25, 0.3) is 0 Å². The Morgan fingerprint density at radius 1 is 0.707 bits per heavy atom. The molecule has 1 unspecified atom stereocenters. The van der Waals surface area contributed by atoms with Gasteiger partial charge in [-0.25, -0.2) is 0 Å². The minimum atomic E-state index is 0.451. The molecule has 0 amide bonds. The van der Waals surface area contributed by atoms with Crippen LogP contribution >= 0.6 is 0 Å². The fourth-order valence-electron chi connectivity index (χ4n) is 6.55. The molecule has 4 aromatic rings. The van der Waals surface area contributed by atoms with Gasteiger partial charge < -0.3 is 0 Å². The molecule has 3 aliphatic rings. The van der Waals surface area contributed by atoms with E-state index in [9.17, 15) is 0 Å². The zero-order valence-electron chi connectivity index (χ0n) is 25.5. The molecule has 208 valence electrons. The van der Waals surface area contributed by atoms with E-state index in [2.05, 4.69) is 116 Å². The van der Waals surface area contributed by atoms with Crippen LogP contribution in [-0.2, 0) is 12.8 Å². The minimum Gasteiger partial charge on any atom is -0.0836 e. The monoisotopic (exact) mass is 536 g/mol. The molecular formula is C41H44. The number of hydrogen-bond acceptors (Lipinski definition) is 0. The van der Waals surface area contributed by atoms with Crippen LogP contribution in [0.15, 0.2) is 103 Å². The third-order valence-electron chi connectivity index (χ3n) is 8.45. The van der Waals surface area contributed by atoms with Crippen molar-refractivity contribution in [2.75, 3.05) is 0 Å². The average molecular weight is 537 g/mol. The summed E-state index contributed by atoms with van der Waals surface area (Å²) in [5.41, 5.74) is 14.2. The largest absolute Gasteiger partial charge is 0.0836 e. The molecule has 0 heteroatoms. The Kier molecular flexibility index (Phi) is 9.20. The van der Waals surface area contributed by atoms with Gasteiger partial charge in [-0.15, -0.1) is 0 Å². The molecule has 7 rings (SSSR count). The van der Waals surface area contributed by atoms with E-state index < -0.39 is 0 Å². The Labute approximate surface area is 247 Å². The first kappa shape index (κ1) is 28.6. The average Bonchev–Trinajstić information content (AvgIpc) is 3.06. The molecule has 0 nitrogen and oxygen atoms in total. The lowest BCUT2D eigenvalue weighted by Crippen LogP contribution is -2.07. The zero-order valence-corrected chi connectivity index (χ0v) is 25.5. The van der Waals surface area contributed by atoms with Crippen molar-refractivity contribution in [3.05, 3.63) is 136 Å². The molecule has 0 bridgehead atoms. The van der Waals surface area contributed by atoms with Gasteiger partial charge in [0.15, 0.2) is 0 Å². The summed E-state index contributed by atoms with van der Waals surface area (Å²) in [6.07, 6.45) is 19.9. The van der Waals surface area contributed by atoms with E-state index in [1.54, 1.807) is 0 Å². The summed E-state index contributed by atoms with van der Waals surface area (Å²) in [4.78, 5) is 0. The summed E-state index contributed by atoms with van der Waals surface area (Å²) >= 11 is 0. The van der Waals surface area contributed by atoms with Gasteiger partial charge in [-0.3, -0.25) is 0 Å². The number of rotatable bonds is 3. The number of benzene rings is 4. The molecular weight excluding hydrogens is 492 g/mol. The van der Waals surface area contributed by atoms with Crippen LogP contribution in [0.25, 0.3) is 39.6 Å². The van der Waals surface area contributed by atoms with E-state index in [1.165, 1.54) is 66.4 Å². The van der Waals surface area contributed by atoms with Crippen LogP contribution in [0.2, 0.25) is 0 Å². The molecule has 41 heavy (non-hydrogen) atoms. The SMILES string of the molecule is CC.CC.CC1=Cc2c(c(-c3ccc4c(c3)C=CCC4)c3ccccc3c2C2=CCC(c3ccccc3)C=C2)CC1. The predicted octanol–water partition coefficient (Wildman–Crippen LogP) is 12.0. The third-order valence-corrected chi connectivity index (χ3v) is 8.45. The van der Waals surface area contributed by atoms with Crippen LogP contribution in [0.5, 0.6) is 0 Å². The van der Waals surface area contributed by atoms with Crippen LogP contribution in [0.1, 0.15) is 93.2 Å². The smallest absolute Gasteiger partial charge is 0.00561 e. The molecule has 0 fully saturated rings. The Bertz CT molecular complexity index is 1640. The Morgan fingerprint density at radius 2 is 1.44 bits per heavy atom. The van der Waals surface area contributed by atoms with Gasteiger partial charge in [0, 0.05) is 5.92 Å². The quantitative estimate of drug-likeness (QED) is 0.244. The van der Waals surface area contributed by atoms with Crippen molar-refractivity contribution < 1.29 is 0 Å². The molecule has 0 heterocycles. The first-order chi connectivity index (χ1) is 20.3. The molecule has 4 aromatic carbocycles. The molecule has 0 saturated heterocycles. The van der Waals surface area contributed by atoms with Crippen LogP contribution in [0.4, 0.5) is 0 Å². The molecule has 0 N–H and O–H groups in total. The highest BCUT2D eigenvalue weighted by Crippen LogP contribution is 2.45. The van der Waals surface area contributed by atoms with Gasteiger partial charge in [0.05, 0.1) is 0 Å². The van der Waals surface area contributed by atoms with Crippen LogP contribution in [0.3, 0.4) is 0 Å². The van der Waals surface area contributed by atoms with Gasteiger partial charge in [-0.2, -0.15) is 0 Å². The van der Waals surface area contributed by atoms with E-state index in [0.29, 0.717) is 5.92 Å². The van der Waals surface area contributed by atoms with Crippen molar-refractivity contribution in [2.45, 2.75) is 72.6 Å². The predicted molar refractivity (Wildman–Crippen MR) is 182 cm³/mol. The number of allylic oxidation sites excluding steroid dienone is 6. The fraction of sp³-hybridized carbons (Fsp3) is 0.268. The maximum Gasteiger partial charge on any atom is 0.00561 e. The fourth-order valence-corrected chi connectivity index (χ4v) is 6.55. The highest BCUT2D eigenvalue weighted by atomic mass is 14.3. The lowest BCUT2D eigenvalue weighted by molar-refractivity contribution is 0.856. The first-order valence-corrected chi connectivity index (χ1v) is 15.7. The van der Waals surface area contributed by atoms with Crippen molar-refractivity contribution >= 4 is 28.5 Å². The van der Waals surface area contributed by atoms with E-state index in [0.717, 1.165) is 32.1 Å². The molecule has 0 spiro atoms. The van der Waals surface area contributed by atoms with Crippen molar-refractivity contribution in [1.82, 2.24) is 0 Å². The van der Waals surface area contributed by atoms with Gasteiger partial charge in [-0.1, -0.05) is 136 Å². The van der Waals surface area contributed by atoms with Crippen LogP contribution in [-0.4, -0.2) is 0 Å². The number of hydrogen-bond donors (Lipinski definition) is 0. The molecule has 3 aliphatic carbocycles. The summed E-state index contributed by atoms with van der Waals surface area (Å²) in [7, 11) is 0. The first-order valence-electron chi connectivity index (χ1n) is 15.7. The highest BCUT2D eigenvalue weighted by Gasteiger charge is 2.24. The highest BCUT2D eigenvalue weighted by molar-refractivity contribution is 6.09. The Hall–Kier alpha value is -3.90. The van der Waals surface area contributed by atoms with E-state index in [-0.39, 0.29) is 0 Å². The maximum atomic E-state index is 2.47. The summed E-state index contributed by atoms with van der Waals surface area (Å²) < 4.78 is 0. The van der Waals surface area contributed by atoms with Crippen molar-refractivity contribution in [3.63, 3.8) is 0 Å². The maximum absolute atomic E-state index is 2.47. The molecule has 0 aliphatic heterocycles. The number of aryl methyl sites for hydroxylation is 1. The van der Waals surface area contributed by atoms with E-state index in [4.69, 9.17) is 0 Å². The zero-order chi connectivity index (χ0) is 28.8. The standard InChI is InChI=1S/C37H32.2C2H6/c1-25-15-22-34-35(23-25)36(29-19-16-28(17-20-29)26-9-3-2-4-10-26)32-13-7-8-14-33(32)37(34)31-21-18-27-11-5-6-12-30(27)24-31;2*1-2/h2-4,6-10,12-14,16,18-21,23-24,28H,5,11,15,17,22H2,1H3;2*1-2H3. The lowest BCUT2D eigenvalue weighted by atomic mass is 9.77. The van der Waals surface area contributed by atoms with Gasteiger partial charge >= 0.3 is 0 Å². The topological polar surface area (TPSA) is 0 Å². The summed E-state index contributed by atoms with van der Waals surface area (Å²) in [5, 5.41) is 2.74. The summed E-state index contributed by atoms with van der Waals surface area (Å²) in [6, 6.07) is 27.2. The third kappa shape index (κ3) is 5.66. The van der Waals surface area contributed by atoms with E-state index in [1.807, 2.05) is 27.7 Å². The molecule has 0 saturated carbocycles. The van der Waals surface area contributed by atoms with Crippen LogP contribution in [0, 0.1) is 0 Å². The Morgan fingerprint density at radius 3 is 2.17 bits per heavy atom. The molecule has 0 radical (unpaired) electrons. The van der Waals surface area contributed by atoms with Gasteiger partial charge in [-0.05, 0) is 106 Å². The normalized spacial score (nSPS) is 16.8. The van der Waals surface area contributed by atoms with Crippen molar-refractivity contribution in [1.29, 1.82) is 0 Å². The second kappa shape index (κ2) is 13.2. The summed E-state index contributed by atoms with van der Waals surface area (Å²) in [5.74, 6) is 0.451. The van der Waals surface area contributed by atoms with Crippen molar-refractivity contribution in [2.24, 2.45) is 0 Å². The summed E-state index contributed by atoms with van der Waals surface area (Å²) in [6.45, 7) is 10.3. The second-order valence-corrected chi connectivity index (χ2v) is 10.8. The van der Waals surface area contributed by atoms with E-state index >= 15 is 0 Å². The number of fused-ring (bicyclic) bond motifs is 3. The lowest BCUT2D eigenvalue weighted by Gasteiger charge is -2.27. The van der Waals surface area contributed by atoms with Gasteiger partial charge in [0.1, 0.15) is 0 Å². The Balaban J connectivity index is 0.000000810. The minimum absolute atomic E-state index is 0.451. The molecule has 0 aromatic heterocycles.